The standard InChI is InChI=1S/C33H33N3O4/c1-23(11-9-10-16-28(37)38)40-33-30-29(25-17-19-27(39-2)20-18-25)31(26-14-7-4-8-15-26)36(32(30)34-22-35-33)21-24-12-5-3-6-13-24/h3-8,12-15,17-20,22-23H,9-11,16,21H2,1-2H3,(H,37,38)/t23-/m1/s1. The molecule has 2 aromatic heterocycles. The number of carbonyl (C=O) groups is 1. The summed E-state index contributed by atoms with van der Waals surface area (Å²) in [5.74, 6) is 0.523. The van der Waals surface area contributed by atoms with E-state index in [0.29, 0.717) is 18.8 Å². The van der Waals surface area contributed by atoms with E-state index in [1.165, 1.54) is 0 Å². The first-order valence-corrected chi connectivity index (χ1v) is 13.5. The predicted octanol–water partition coefficient (Wildman–Crippen LogP) is 7.23. The van der Waals surface area contributed by atoms with E-state index in [-0.39, 0.29) is 12.5 Å². The molecule has 7 heteroatoms. The Hall–Kier alpha value is -4.65. The third-order valence-electron chi connectivity index (χ3n) is 6.98. The average Bonchev–Trinajstić information content (AvgIpc) is 3.31. The summed E-state index contributed by atoms with van der Waals surface area (Å²) in [4.78, 5) is 20.3. The summed E-state index contributed by atoms with van der Waals surface area (Å²) in [7, 11) is 1.66. The number of aromatic nitrogens is 3. The predicted molar refractivity (Wildman–Crippen MR) is 157 cm³/mol. The Labute approximate surface area is 234 Å². The molecule has 5 rings (SSSR count). The Kier molecular flexibility index (Phi) is 8.40. The highest BCUT2D eigenvalue weighted by Crippen LogP contribution is 2.44. The normalized spacial score (nSPS) is 11.8. The van der Waals surface area contributed by atoms with Crippen LogP contribution in [0.1, 0.15) is 38.2 Å². The fourth-order valence-electron chi connectivity index (χ4n) is 5.05. The van der Waals surface area contributed by atoms with E-state index in [1.54, 1.807) is 13.4 Å². The number of methoxy groups -OCH3 is 1. The molecular formula is C33H33N3O4. The average molecular weight is 536 g/mol. The molecule has 0 amide bonds. The van der Waals surface area contributed by atoms with Crippen molar-refractivity contribution < 1.29 is 19.4 Å². The van der Waals surface area contributed by atoms with Crippen LogP contribution in [0.15, 0.2) is 91.3 Å². The van der Waals surface area contributed by atoms with Gasteiger partial charge in [-0.25, -0.2) is 9.97 Å². The van der Waals surface area contributed by atoms with Crippen molar-refractivity contribution in [2.75, 3.05) is 7.11 Å². The van der Waals surface area contributed by atoms with Crippen LogP contribution in [0.3, 0.4) is 0 Å². The molecule has 0 aliphatic carbocycles. The molecule has 0 aliphatic heterocycles. The Morgan fingerprint density at radius 1 is 0.900 bits per heavy atom. The number of rotatable bonds is 12. The monoisotopic (exact) mass is 535 g/mol. The van der Waals surface area contributed by atoms with Gasteiger partial charge < -0.3 is 19.1 Å². The van der Waals surface area contributed by atoms with Crippen LogP contribution < -0.4 is 9.47 Å². The first kappa shape index (κ1) is 26.9. The van der Waals surface area contributed by atoms with E-state index in [4.69, 9.17) is 19.6 Å². The zero-order valence-electron chi connectivity index (χ0n) is 22.8. The Balaban J connectivity index is 1.68. The van der Waals surface area contributed by atoms with E-state index >= 15 is 0 Å². The molecule has 204 valence electrons. The second kappa shape index (κ2) is 12.5. The molecule has 0 spiro atoms. The molecule has 0 fully saturated rings. The number of hydrogen-bond donors (Lipinski definition) is 1. The molecule has 7 nitrogen and oxygen atoms in total. The van der Waals surface area contributed by atoms with Gasteiger partial charge in [0.1, 0.15) is 17.7 Å². The van der Waals surface area contributed by atoms with E-state index in [1.807, 2.05) is 55.5 Å². The molecule has 0 bridgehead atoms. The molecule has 0 unspecified atom stereocenters. The number of carboxylic acids is 1. The van der Waals surface area contributed by atoms with Crippen LogP contribution in [0.5, 0.6) is 11.6 Å². The van der Waals surface area contributed by atoms with Crippen LogP contribution in [0.2, 0.25) is 0 Å². The van der Waals surface area contributed by atoms with E-state index in [2.05, 4.69) is 45.9 Å². The summed E-state index contributed by atoms with van der Waals surface area (Å²) < 4.78 is 14.1. The second-order valence-corrected chi connectivity index (χ2v) is 9.84. The van der Waals surface area contributed by atoms with E-state index in [0.717, 1.165) is 57.6 Å². The number of fused-ring (bicyclic) bond motifs is 1. The molecule has 5 aromatic rings. The first-order chi connectivity index (χ1) is 19.5. The maximum atomic E-state index is 10.9. The van der Waals surface area contributed by atoms with Crippen LogP contribution in [-0.4, -0.2) is 38.8 Å². The number of aliphatic carboxylic acids is 1. The largest absolute Gasteiger partial charge is 0.497 e. The SMILES string of the molecule is COc1ccc(-c2c(-c3ccccc3)n(Cc3ccccc3)c3ncnc(O[C@H](C)CCCCC(=O)O)c23)cc1. The molecule has 0 radical (unpaired) electrons. The Morgan fingerprint density at radius 3 is 2.27 bits per heavy atom. The van der Waals surface area contributed by atoms with Crippen LogP contribution in [0.25, 0.3) is 33.4 Å². The quantitative estimate of drug-likeness (QED) is 0.170. The van der Waals surface area contributed by atoms with Gasteiger partial charge in [-0.1, -0.05) is 72.8 Å². The van der Waals surface area contributed by atoms with Crippen molar-refractivity contribution >= 4 is 17.0 Å². The topological polar surface area (TPSA) is 86.5 Å². The van der Waals surface area contributed by atoms with Gasteiger partial charge in [0.2, 0.25) is 5.88 Å². The fourth-order valence-corrected chi connectivity index (χ4v) is 5.05. The molecule has 1 N–H and O–H groups in total. The number of unbranched alkanes of at least 4 members (excludes halogenated alkanes) is 1. The molecule has 2 heterocycles. The van der Waals surface area contributed by atoms with Gasteiger partial charge in [0.25, 0.3) is 0 Å². The van der Waals surface area contributed by atoms with Crippen LogP contribution >= 0.6 is 0 Å². The van der Waals surface area contributed by atoms with Gasteiger partial charge in [-0.3, -0.25) is 4.79 Å². The van der Waals surface area contributed by atoms with Gasteiger partial charge >= 0.3 is 5.97 Å². The number of hydrogen-bond acceptors (Lipinski definition) is 5. The lowest BCUT2D eigenvalue weighted by atomic mass is 9.98. The van der Waals surface area contributed by atoms with Crippen LogP contribution in [0.4, 0.5) is 0 Å². The summed E-state index contributed by atoms with van der Waals surface area (Å²) in [6.45, 7) is 2.62. The van der Waals surface area contributed by atoms with Gasteiger partial charge in [0.05, 0.1) is 24.3 Å². The third kappa shape index (κ3) is 5.99. The molecule has 3 aromatic carbocycles. The zero-order chi connectivity index (χ0) is 27.9. The smallest absolute Gasteiger partial charge is 0.303 e. The zero-order valence-corrected chi connectivity index (χ0v) is 22.8. The Morgan fingerprint density at radius 2 is 1.60 bits per heavy atom. The van der Waals surface area contributed by atoms with E-state index in [9.17, 15) is 4.79 Å². The maximum absolute atomic E-state index is 10.9. The highest BCUT2D eigenvalue weighted by atomic mass is 16.5. The summed E-state index contributed by atoms with van der Waals surface area (Å²) in [5, 5.41) is 9.82. The molecule has 40 heavy (non-hydrogen) atoms. The van der Waals surface area contributed by atoms with Crippen molar-refractivity contribution in [1.29, 1.82) is 0 Å². The molecular weight excluding hydrogens is 502 g/mol. The van der Waals surface area contributed by atoms with Crippen molar-refractivity contribution in [2.24, 2.45) is 0 Å². The van der Waals surface area contributed by atoms with Gasteiger partial charge in [-0.05, 0) is 55.0 Å². The van der Waals surface area contributed by atoms with Crippen LogP contribution in [-0.2, 0) is 11.3 Å². The summed E-state index contributed by atoms with van der Waals surface area (Å²) in [6, 6.07) is 28.7. The van der Waals surface area contributed by atoms with Crippen molar-refractivity contribution in [3.05, 3.63) is 96.8 Å². The van der Waals surface area contributed by atoms with Crippen molar-refractivity contribution in [3.8, 4) is 34.0 Å². The van der Waals surface area contributed by atoms with Crippen molar-refractivity contribution in [1.82, 2.24) is 14.5 Å². The number of benzene rings is 3. The lowest BCUT2D eigenvalue weighted by molar-refractivity contribution is -0.137. The molecule has 1 atom stereocenters. The molecule has 0 saturated heterocycles. The summed E-state index contributed by atoms with van der Waals surface area (Å²) in [5.41, 5.74) is 6.04. The fraction of sp³-hybridized carbons (Fsp3) is 0.242. The number of nitrogens with zero attached hydrogens (tertiary/aromatic N) is 3. The van der Waals surface area contributed by atoms with Gasteiger partial charge in [-0.15, -0.1) is 0 Å². The van der Waals surface area contributed by atoms with Crippen molar-refractivity contribution in [3.63, 3.8) is 0 Å². The van der Waals surface area contributed by atoms with Crippen LogP contribution in [0, 0.1) is 0 Å². The minimum Gasteiger partial charge on any atom is -0.497 e. The minimum atomic E-state index is -0.775. The lowest BCUT2D eigenvalue weighted by Crippen LogP contribution is -2.13. The van der Waals surface area contributed by atoms with Gasteiger partial charge in [-0.2, -0.15) is 0 Å². The van der Waals surface area contributed by atoms with Crippen molar-refractivity contribution in [2.45, 2.75) is 45.3 Å². The number of ether oxygens (including phenoxy) is 2. The first-order valence-electron chi connectivity index (χ1n) is 13.5. The second-order valence-electron chi connectivity index (χ2n) is 9.84. The Bertz CT molecular complexity index is 1560. The van der Waals surface area contributed by atoms with Gasteiger partial charge in [0.15, 0.2) is 0 Å². The molecule has 0 saturated carbocycles. The highest BCUT2D eigenvalue weighted by molar-refractivity contribution is 6.05. The maximum Gasteiger partial charge on any atom is 0.303 e. The van der Waals surface area contributed by atoms with E-state index < -0.39 is 5.97 Å². The third-order valence-corrected chi connectivity index (χ3v) is 6.98. The highest BCUT2D eigenvalue weighted by Gasteiger charge is 2.25. The minimum absolute atomic E-state index is 0.145. The summed E-state index contributed by atoms with van der Waals surface area (Å²) >= 11 is 0. The lowest BCUT2D eigenvalue weighted by Gasteiger charge is -2.15. The number of carboxylic acid groups (broad SMARTS) is 1. The summed E-state index contributed by atoms with van der Waals surface area (Å²) in [6.07, 6.45) is 3.68. The van der Waals surface area contributed by atoms with Gasteiger partial charge in [0, 0.05) is 18.5 Å². The molecule has 0 aliphatic rings.